The Labute approximate surface area is 167 Å². The van der Waals surface area contributed by atoms with Gasteiger partial charge in [0.25, 0.3) is 0 Å². The average molecular weight is 383 g/mol. The number of benzene rings is 3. The zero-order valence-electron chi connectivity index (χ0n) is 15.4. The molecular weight excluding hydrogens is 366 g/mol. The molecule has 1 N–H and O–H groups in total. The summed E-state index contributed by atoms with van der Waals surface area (Å²) in [5, 5.41) is 3.29. The third kappa shape index (κ3) is 3.82. The first-order valence-electron chi connectivity index (χ1n) is 9.15. The van der Waals surface area contributed by atoms with E-state index in [4.69, 9.17) is 14.2 Å². The molecule has 6 nitrogen and oxygen atoms in total. The molecule has 0 unspecified atom stereocenters. The molecule has 29 heavy (non-hydrogen) atoms. The Kier molecular flexibility index (Phi) is 4.42. The van der Waals surface area contributed by atoms with Crippen molar-refractivity contribution >= 4 is 11.5 Å². The molecule has 0 atom stereocenters. The number of fused-ring (bicyclic) bond motifs is 1. The first-order valence-corrected chi connectivity index (χ1v) is 9.15. The van der Waals surface area contributed by atoms with Crippen LogP contribution >= 0.6 is 0 Å². The fourth-order valence-electron chi connectivity index (χ4n) is 3.02. The van der Waals surface area contributed by atoms with Gasteiger partial charge in [-0.15, -0.1) is 0 Å². The van der Waals surface area contributed by atoms with Crippen molar-refractivity contribution in [3.05, 3.63) is 85.2 Å². The maximum Gasteiger partial charge on any atom is 0.231 e. The van der Waals surface area contributed by atoms with Crippen molar-refractivity contribution in [3.8, 4) is 34.3 Å². The van der Waals surface area contributed by atoms with E-state index in [1.54, 1.807) is 0 Å². The maximum absolute atomic E-state index is 5.82. The van der Waals surface area contributed by atoms with Crippen LogP contribution in [0.25, 0.3) is 11.3 Å². The van der Waals surface area contributed by atoms with E-state index in [1.165, 1.54) is 6.33 Å². The standard InChI is InChI=1S/C23H17N3O3/c1-2-4-18(5-3-1)29-19-9-7-17(8-10-19)26-23-13-20(24-14-25-23)16-6-11-21-22(12-16)28-15-27-21/h1-14H,15H2,(H,24,25,26). The number of hydrogen-bond acceptors (Lipinski definition) is 6. The zero-order valence-corrected chi connectivity index (χ0v) is 15.4. The van der Waals surface area contributed by atoms with Gasteiger partial charge in [-0.25, -0.2) is 9.97 Å². The van der Waals surface area contributed by atoms with Crippen molar-refractivity contribution in [2.45, 2.75) is 0 Å². The molecule has 3 aromatic carbocycles. The smallest absolute Gasteiger partial charge is 0.231 e. The molecule has 142 valence electrons. The zero-order chi connectivity index (χ0) is 19.5. The van der Waals surface area contributed by atoms with Crippen molar-refractivity contribution in [1.82, 2.24) is 9.97 Å². The summed E-state index contributed by atoms with van der Waals surface area (Å²) in [7, 11) is 0. The molecule has 5 rings (SSSR count). The van der Waals surface area contributed by atoms with Crippen LogP contribution < -0.4 is 19.5 Å². The van der Waals surface area contributed by atoms with Crippen molar-refractivity contribution in [1.29, 1.82) is 0 Å². The normalized spacial score (nSPS) is 11.9. The highest BCUT2D eigenvalue weighted by molar-refractivity contribution is 5.68. The SMILES string of the molecule is c1ccc(Oc2ccc(Nc3cc(-c4ccc5c(c4)OCO5)ncn3)cc2)cc1. The van der Waals surface area contributed by atoms with Gasteiger partial charge in [0.05, 0.1) is 5.69 Å². The minimum Gasteiger partial charge on any atom is -0.457 e. The predicted molar refractivity (Wildman–Crippen MR) is 110 cm³/mol. The summed E-state index contributed by atoms with van der Waals surface area (Å²) in [6.45, 7) is 0.249. The topological polar surface area (TPSA) is 65.5 Å². The number of aromatic nitrogens is 2. The number of hydrogen-bond donors (Lipinski definition) is 1. The molecule has 2 heterocycles. The van der Waals surface area contributed by atoms with Gasteiger partial charge in [0.2, 0.25) is 6.79 Å². The van der Waals surface area contributed by atoms with E-state index in [9.17, 15) is 0 Å². The van der Waals surface area contributed by atoms with Gasteiger partial charge in [-0.1, -0.05) is 18.2 Å². The van der Waals surface area contributed by atoms with Crippen LogP contribution in [0.4, 0.5) is 11.5 Å². The molecule has 0 spiro atoms. The molecular formula is C23H17N3O3. The van der Waals surface area contributed by atoms with Crippen LogP contribution in [-0.4, -0.2) is 16.8 Å². The van der Waals surface area contributed by atoms with Crippen LogP contribution in [0.1, 0.15) is 0 Å². The summed E-state index contributed by atoms with van der Waals surface area (Å²) in [4.78, 5) is 8.68. The number of ether oxygens (including phenoxy) is 3. The summed E-state index contributed by atoms with van der Waals surface area (Å²) in [5.41, 5.74) is 2.64. The quantitative estimate of drug-likeness (QED) is 0.497. The van der Waals surface area contributed by atoms with Crippen molar-refractivity contribution < 1.29 is 14.2 Å². The Bertz CT molecular complexity index is 1130. The fraction of sp³-hybridized carbons (Fsp3) is 0.0435. The van der Waals surface area contributed by atoms with Gasteiger partial charge in [0.15, 0.2) is 11.5 Å². The average Bonchev–Trinajstić information content (AvgIpc) is 3.24. The van der Waals surface area contributed by atoms with Crippen LogP contribution in [-0.2, 0) is 0 Å². The van der Waals surface area contributed by atoms with E-state index < -0.39 is 0 Å². The van der Waals surface area contributed by atoms with E-state index in [0.29, 0.717) is 5.82 Å². The van der Waals surface area contributed by atoms with Crippen molar-refractivity contribution in [3.63, 3.8) is 0 Å². The van der Waals surface area contributed by atoms with E-state index in [-0.39, 0.29) is 6.79 Å². The maximum atomic E-state index is 5.82. The first kappa shape index (κ1) is 17.1. The Balaban J connectivity index is 1.31. The minimum atomic E-state index is 0.249. The molecule has 0 saturated carbocycles. The third-order valence-electron chi connectivity index (χ3n) is 4.44. The lowest BCUT2D eigenvalue weighted by Crippen LogP contribution is -1.95. The predicted octanol–water partition coefficient (Wildman–Crippen LogP) is 5.41. The van der Waals surface area contributed by atoms with Crippen LogP contribution in [0.15, 0.2) is 85.2 Å². The number of para-hydroxylation sites is 1. The largest absolute Gasteiger partial charge is 0.457 e. The Hall–Kier alpha value is -4.06. The first-order chi connectivity index (χ1) is 14.3. The Morgan fingerprint density at radius 2 is 1.55 bits per heavy atom. The highest BCUT2D eigenvalue weighted by Crippen LogP contribution is 2.35. The van der Waals surface area contributed by atoms with Gasteiger partial charge in [0, 0.05) is 17.3 Å². The number of anilines is 2. The molecule has 0 radical (unpaired) electrons. The second-order valence-corrected chi connectivity index (χ2v) is 6.42. The van der Waals surface area contributed by atoms with Crippen molar-refractivity contribution in [2.75, 3.05) is 12.1 Å². The number of rotatable bonds is 5. The summed E-state index contributed by atoms with van der Waals surface area (Å²) >= 11 is 0. The van der Waals surface area contributed by atoms with Crippen LogP contribution in [0, 0.1) is 0 Å². The summed E-state index contributed by atoms with van der Waals surface area (Å²) in [6, 6.07) is 25.1. The lowest BCUT2D eigenvalue weighted by molar-refractivity contribution is 0.174. The Morgan fingerprint density at radius 3 is 2.41 bits per heavy atom. The lowest BCUT2D eigenvalue weighted by Gasteiger charge is -2.09. The van der Waals surface area contributed by atoms with Crippen molar-refractivity contribution in [2.24, 2.45) is 0 Å². The molecule has 0 fully saturated rings. The highest BCUT2D eigenvalue weighted by atomic mass is 16.7. The van der Waals surface area contributed by atoms with Crippen LogP contribution in [0.3, 0.4) is 0 Å². The van der Waals surface area contributed by atoms with Gasteiger partial charge < -0.3 is 19.5 Å². The van der Waals surface area contributed by atoms with E-state index in [0.717, 1.165) is 39.9 Å². The number of nitrogens with one attached hydrogen (secondary N) is 1. The molecule has 1 aliphatic rings. The Morgan fingerprint density at radius 1 is 0.759 bits per heavy atom. The van der Waals surface area contributed by atoms with E-state index in [1.807, 2.05) is 78.9 Å². The summed E-state index contributed by atoms with van der Waals surface area (Å²) in [5.74, 6) is 3.75. The second-order valence-electron chi connectivity index (χ2n) is 6.42. The highest BCUT2D eigenvalue weighted by Gasteiger charge is 2.14. The van der Waals surface area contributed by atoms with Gasteiger partial charge in [-0.2, -0.15) is 0 Å². The van der Waals surface area contributed by atoms with E-state index in [2.05, 4.69) is 15.3 Å². The number of nitrogens with zero attached hydrogens (tertiary/aromatic N) is 2. The second kappa shape index (κ2) is 7.52. The molecule has 1 aliphatic heterocycles. The molecule has 0 aliphatic carbocycles. The lowest BCUT2D eigenvalue weighted by atomic mass is 10.1. The summed E-state index contributed by atoms with van der Waals surface area (Å²) < 4.78 is 16.6. The van der Waals surface area contributed by atoms with Gasteiger partial charge in [0.1, 0.15) is 23.6 Å². The van der Waals surface area contributed by atoms with Gasteiger partial charge >= 0.3 is 0 Å². The fourth-order valence-corrected chi connectivity index (χ4v) is 3.02. The minimum absolute atomic E-state index is 0.249. The summed E-state index contributed by atoms with van der Waals surface area (Å²) in [6.07, 6.45) is 1.54. The third-order valence-corrected chi connectivity index (χ3v) is 4.44. The van der Waals surface area contributed by atoms with E-state index >= 15 is 0 Å². The monoisotopic (exact) mass is 383 g/mol. The molecule has 4 aromatic rings. The van der Waals surface area contributed by atoms with Crippen LogP contribution in [0.2, 0.25) is 0 Å². The van der Waals surface area contributed by atoms with Gasteiger partial charge in [-0.05, 0) is 54.6 Å². The molecule has 1 aromatic heterocycles. The van der Waals surface area contributed by atoms with Crippen LogP contribution in [0.5, 0.6) is 23.0 Å². The molecule has 0 amide bonds. The molecule has 0 bridgehead atoms. The van der Waals surface area contributed by atoms with Gasteiger partial charge in [-0.3, -0.25) is 0 Å². The molecule has 0 saturated heterocycles. The molecule has 6 heteroatoms.